The second kappa shape index (κ2) is 7.80. The van der Waals surface area contributed by atoms with Gasteiger partial charge < -0.3 is 10.1 Å². The predicted molar refractivity (Wildman–Crippen MR) is 106 cm³/mol. The van der Waals surface area contributed by atoms with Gasteiger partial charge in [0.2, 0.25) is 0 Å². The highest BCUT2D eigenvalue weighted by atomic mass is 79.9. The lowest BCUT2D eigenvalue weighted by atomic mass is 9.64. The first-order valence-corrected chi connectivity index (χ1v) is 9.67. The lowest BCUT2D eigenvalue weighted by Crippen LogP contribution is -2.43. The maximum absolute atomic E-state index is 12.4. The molecular weight excluding hydrogens is 418 g/mol. The predicted octanol–water partition coefficient (Wildman–Crippen LogP) is 5.34. The molecule has 3 rings (SSSR count). The molecule has 1 aliphatic carbocycles. The molecule has 0 spiro atoms. The first-order valence-electron chi connectivity index (χ1n) is 8.50. The Bertz CT molecular complexity index is 849. The summed E-state index contributed by atoms with van der Waals surface area (Å²) in [6.07, 6.45) is 2.57. The second-order valence-electron chi connectivity index (χ2n) is 6.32. The Hall–Kier alpha value is -1.85. The number of anilines is 1. The highest BCUT2D eigenvalue weighted by molar-refractivity contribution is 9.10. The quantitative estimate of drug-likeness (QED) is 0.644. The number of hydrogen-bond donors (Lipinski definition) is 1. The summed E-state index contributed by atoms with van der Waals surface area (Å²) < 4.78 is 5.99. The van der Waals surface area contributed by atoms with Crippen molar-refractivity contribution in [1.29, 1.82) is 0 Å². The molecule has 2 aromatic carbocycles. The van der Waals surface area contributed by atoms with Gasteiger partial charge >= 0.3 is 5.97 Å². The van der Waals surface area contributed by atoms with Gasteiger partial charge in [0.05, 0.1) is 17.7 Å². The molecule has 4 nitrogen and oxygen atoms in total. The zero-order chi connectivity index (χ0) is 18.7. The second-order valence-corrected chi connectivity index (χ2v) is 7.61. The summed E-state index contributed by atoms with van der Waals surface area (Å²) in [6.45, 7) is 2.18. The van der Waals surface area contributed by atoms with E-state index in [0.29, 0.717) is 22.9 Å². The first-order chi connectivity index (χ1) is 12.5. The van der Waals surface area contributed by atoms with Gasteiger partial charge in [-0.25, -0.2) is 0 Å². The van der Waals surface area contributed by atoms with Crippen molar-refractivity contribution in [3.05, 3.63) is 63.1 Å². The maximum atomic E-state index is 12.4. The summed E-state index contributed by atoms with van der Waals surface area (Å²) in [5.74, 6) is -0.418. The van der Waals surface area contributed by atoms with E-state index in [4.69, 9.17) is 16.3 Å². The van der Waals surface area contributed by atoms with Gasteiger partial charge in [-0.3, -0.25) is 9.59 Å². The standard InChI is InChI=1S/C20H19BrClNO3/c1-2-26-19(25)20(9-4-10-20)14-7-8-17(16(21)12-14)23-18(24)13-5-3-6-15(22)11-13/h3,5-8,11-12H,2,4,9-10H2,1H3,(H,23,24). The number of carbonyl (C=O) groups excluding carboxylic acids is 2. The van der Waals surface area contributed by atoms with Crippen LogP contribution < -0.4 is 5.32 Å². The average Bonchev–Trinajstić information content (AvgIpc) is 2.56. The Morgan fingerprint density at radius 3 is 2.58 bits per heavy atom. The largest absolute Gasteiger partial charge is 0.465 e. The van der Waals surface area contributed by atoms with E-state index in [1.165, 1.54) is 0 Å². The highest BCUT2D eigenvalue weighted by Crippen LogP contribution is 2.46. The van der Waals surface area contributed by atoms with E-state index in [9.17, 15) is 9.59 Å². The molecule has 1 fully saturated rings. The molecule has 0 aliphatic heterocycles. The van der Waals surface area contributed by atoms with Crippen molar-refractivity contribution in [2.45, 2.75) is 31.6 Å². The number of benzene rings is 2. The van der Waals surface area contributed by atoms with Gasteiger partial charge in [0.25, 0.3) is 5.91 Å². The third-order valence-corrected chi connectivity index (χ3v) is 5.62. The van der Waals surface area contributed by atoms with Crippen LogP contribution in [0.1, 0.15) is 42.1 Å². The Morgan fingerprint density at radius 1 is 1.23 bits per heavy atom. The monoisotopic (exact) mass is 435 g/mol. The van der Waals surface area contributed by atoms with E-state index in [0.717, 1.165) is 29.3 Å². The molecule has 0 bridgehead atoms. The van der Waals surface area contributed by atoms with Gasteiger partial charge in [0, 0.05) is 15.1 Å². The van der Waals surface area contributed by atoms with Crippen LogP contribution in [-0.4, -0.2) is 18.5 Å². The van der Waals surface area contributed by atoms with Crippen molar-refractivity contribution in [1.82, 2.24) is 0 Å². The fourth-order valence-electron chi connectivity index (χ4n) is 3.15. The molecule has 0 radical (unpaired) electrons. The number of halogens is 2. The zero-order valence-corrected chi connectivity index (χ0v) is 16.7. The number of nitrogens with one attached hydrogen (secondary N) is 1. The molecule has 2 aromatic rings. The van der Waals surface area contributed by atoms with Crippen LogP contribution >= 0.6 is 27.5 Å². The molecule has 1 saturated carbocycles. The van der Waals surface area contributed by atoms with Crippen LogP contribution in [0.2, 0.25) is 5.02 Å². The van der Waals surface area contributed by atoms with Crippen LogP contribution in [0.5, 0.6) is 0 Å². The van der Waals surface area contributed by atoms with Crippen molar-refractivity contribution < 1.29 is 14.3 Å². The van der Waals surface area contributed by atoms with Gasteiger partial charge in [0.1, 0.15) is 0 Å². The fourth-order valence-corrected chi connectivity index (χ4v) is 3.82. The van der Waals surface area contributed by atoms with Crippen molar-refractivity contribution in [2.75, 3.05) is 11.9 Å². The Morgan fingerprint density at radius 2 is 2.00 bits per heavy atom. The third kappa shape index (κ3) is 3.64. The minimum Gasteiger partial charge on any atom is -0.465 e. The molecular formula is C20H19BrClNO3. The summed E-state index contributed by atoms with van der Waals surface area (Å²) in [4.78, 5) is 24.8. The van der Waals surface area contributed by atoms with Gasteiger partial charge in [0.15, 0.2) is 0 Å². The number of hydrogen-bond acceptors (Lipinski definition) is 3. The van der Waals surface area contributed by atoms with E-state index in [1.54, 1.807) is 30.3 Å². The molecule has 6 heteroatoms. The van der Waals surface area contributed by atoms with Gasteiger partial charge in [-0.05, 0) is 71.6 Å². The van der Waals surface area contributed by atoms with Crippen LogP contribution in [0.25, 0.3) is 0 Å². The van der Waals surface area contributed by atoms with Crippen molar-refractivity contribution in [2.24, 2.45) is 0 Å². The maximum Gasteiger partial charge on any atom is 0.316 e. The molecule has 0 atom stereocenters. The van der Waals surface area contributed by atoms with E-state index >= 15 is 0 Å². The topological polar surface area (TPSA) is 55.4 Å². The lowest BCUT2D eigenvalue weighted by Gasteiger charge is -2.39. The minimum atomic E-state index is -0.561. The number of esters is 1. The number of carbonyl (C=O) groups is 2. The molecule has 1 aliphatic rings. The average molecular weight is 437 g/mol. The Kier molecular flexibility index (Phi) is 5.68. The number of rotatable bonds is 5. The van der Waals surface area contributed by atoms with E-state index in [-0.39, 0.29) is 11.9 Å². The third-order valence-electron chi connectivity index (χ3n) is 4.73. The summed E-state index contributed by atoms with van der Waals surface area (Å²) in [6, 6.07) is 12.3. The number of ether oxygens (including phenoxy) is 1. The van der Waals surface area contributed by atoms with Crippen LogP contribution in [0.3, 0.4) is 0 Å². The minimum absolute atomic E-state index is 0.172. The van der Waals surface area contributed by atoms with Crippen LogP contribution in [0, 0.1) is 0 Å². The van der Waals surface area contributed by atoms with Crippen molar-refractivity contribution in [3.8, 4) is 0 Å². The molecule has 0 aromatic heterocycles. The van der Waals surface area contributed by atoms with Gasteiger partial charge in [-0.15, -0.1) is 0 Å². The smallest absolute Gasteiger partial charge is 0.316 e. The molecule has 1 amide bonds. The lowest BCUT2D eigenvalue weighted by molar-refractivity contribution is -0.153. The summed E-state index contributed by atoms with van der Waals surface area (Å²) in [7, 11) is 0. The van der Waals surface area contributed by atoms with E-state index < -0.39 is 5.41 Å². The Balaban J connectivity index is 1.81. The molecule has 136 valence electrons. The molecule has 26 heavy (non-hydrogen) atoms. The zero-order valence-electron chi connectivity index (χ0n) is 14.4. The molecule has 0 heterocycles. The van der Waals surface area contributed by atoms with Crippen molar-refractivity contribution >= 4 is 45.1 Å². The SMILES string of the molecule is CCOC(=O)C1(c2ccc(NC(=O)c3cccc(Cl)c3)c(Br)c2)CCC1. The normalized spacial score (nSPS) is 15.0. The summed E-state index contributed by atoms with van der Waals surface area (Å²) >= 11 is 9.44. The molecule has 1 N–H and O–H groups in total. The summed E-state index contributed by atoms with van der Waals surface area (Å²) in [5, 5.41) is 3.37. The van der Waals surface area contributed by atoms with E-state index in [1.807, 2.05) is 19.1 Å². The van der Waals surface area contributed by atoms with Crippen molar-refractivity contribution in [3.63, 3.8) is 0 Å². The fraction of sp³-hybridized carbons (Fsp3) is 0.300. The Labute approximate surface area is 166 Å². The number of amides is 1. The molecule has 0 unspecified atom stereocenters. The summed E-state index contributed by atoms with van der Waals surface area (Å²) in [5.41, 5.74) is 1.47. The van der Waals surface area contributed by atoms with E-state index in [2.05, 4.69) is 21.2 Å². The first kappa shape index (κ1) is 18.9. The van der Waals surface area contributed by atoms with Gasteiger partial charge in [-0.2, -0.15) is 0 Å². The highest BCUT2D eigenvalue weighted by Gasteiger charge is 2.47. The van der Waals surface area contributed by atoms with Crippen LogP contribution in [-0.2, 0) is 14.9 Å². The molecule has 0 saturated heterocycles. The van der Waals surface area contributed by atoms with Gasteiger partial charge in [-0.1, -0.05) is 30.2 Å². The van der Waals surface area contributed by atoms with Crippen LogP contribution in [0.15, 0.2) is 46.9 Å². The van der Waals surface area contributed by atoms with Crippen LogP contribution in [0.4, 0.5) is 5.69 Å².